The summed E-state index contributed by atoms with van der Waals surface area (Å²) in [5, 5.41) is 3.38. The third-order valence-electron chi connectivity index (χ3n) is 4.29. The highest BCUT2D eigenvalue weighted by molar-refractivity contribution is 7.98. The molecule has 1 aliphatic rings. The molecule has 0 atom stereocenters. The van der Waals surface area contributed by atoms with E-state index < -0.39 is 3.79 Å². The van der Waals surface area contributed by atoms with E-state index in [1.54, 1.807) is 11.8 Å². The van der Waals surface area contributed by atoms with E-state index in [1.165, 1.54) is 0 Å². The van der Waals surface area contributed by atoms with Gasteiger partial charge in [0.25, 0.3) is 0 Å². The lowest BCUT2D eigenvalue weighted by molar-refractivity contribution is 0.263. The van der Waals surface area contributed by atoms with E-state index in [0.717, 1.165) is 36.4 Å². The summed E-state index contributed by atoms with van der Waals surface area (Å²) in [6.45, 7) is 2.06. The molecular weight excluding hydrogens is 413 g/mol. The zero-order valence-electron chi connectivity index (χ0n) is 14.5. The first-order valence-corrected chi connectivity index (χ1v) is 10.6. The summed E-state index contributed by atoms with van der Waals surface area (Å²) >= 11 is 19.8. The molecule has 9 heteroatoms. The van der Waals surface area contributed by atoms with Crippen molar-refractivity contribution in [3.63, 3.8) is 0 Å². The topological polar surface area (TPSA) is 53.9 Å². The molecule has 0 radical (unpaired) electrons. The number of alkyl halides is 3. The van der Waals surface area contributed by atoms with Crippen LogP contribution < -0.4 is 5.32 Å². The average Bonchev–Trinajstić information content (AvgIpc) is 2.63. The van der Waals surface area contributed by atoms with Crippen LogP contribution in [0.3, 0.4) is 0 Å². The fourth-order valence-corrected chi connectivity index (χ4v) is 3.43. The van der Waals surface area contributed by atoms with E-state index in [-0.39, 0.29) is 5.82 Å². The van der Waals surface area contributed by atoms with Crippen LogP contribution in [0.2, 0.25) is 0 Å². The summed E-state index contributed by atoms with van der Waals surface area (Å²) in [5.74, 6) is 1.06. The molecule has 2 aromatic rings. The lowest BCUT2D eigenvalue weighted by atomic mass is 10.1. The maximum Gasteiger partial charge on any atom is 0.250 e. The smallest absolute Gasteiger partial charge is 0.250 e. The molecule has 1 saturated heterocycles. The van der Waals surface area contributed by atoms with E-state index in [1.807, 2.05) is 30.5 Å². The van der Waals surface area contributed by atoms with Crippen LogP contribution in [0, 0.1) is 0 Å². The molecule has 1 fully saturated rings. The van der Waals surface area contributed by atoms with Gasteiger partial charge in [-0.15, -0.1) is 11.8 Å². The van der Waals surface area contributed by atoms with Crippen LogP contribution in [0.1, 0.15) is 18.7 Å². The van der Waals surface area contributed by atoms with Gasteiger partial charge >= 0.3 is 0 Å². The Labute approximate surface area is 172 Å². The standard InChI is InChI=1S/C17H20Cl3N5S/c1-25-9-7-12(8-10-25)21-16-23-14(22-15(24-16)17(18,19)20)11-3-5-13(26-2)6-4-11/h3-6,12H,7-10H2,1-2H3,(H,21,22,23,24). The zero-order chi connectivity index (χ0) is 18.7. The van der Waals surface area contributed by atoms with Gasteiger partial charge in [-0.05, 0) is 51.4 Å². The van der Waals surface area contributed by atoms with Crippen LogP contribution in [0.4, 0.5) is 5.95 Å². The number of hydrogen-bond donors (Lipinski definition) is 1. The number of hydrogen-bond acceptors (Lipinski definition) is 6. The van der Waals surface area contributed by atoms with E-state index in [4.69, 9.17) is 34.8 Å². The molecule has 0 unspecified atom stereocenters. The molecule has 0 bridgehead atoms. The van der Waals surface area contributed by atoms with Crippen molar-refractivity contribution in [3.05, 3.63) is 30.1 Å². The molecule has 1 aliphatic heterocycles. The van der Waals surface area contributed by atoms with Crippen molar-refractivity contribution in [2.75, 3.05) is 31.7 Å². The van der Waals surface area contributed by atoms with Gasteiger partial charge in [-0.25, -0.2) is 4.98 Å². The lowest BCUT2D eigenvalue weighted by Crippen LogP contribution is -2.37. The molecular formula is C17H20Cl3N5S. The Bertz CT molecular complexity index is 743. The first-order valence-electron chi connectivity index (χ1n) is 8.28. The highest BCUT2D eigenvalue weighted by atomic mass is 35.6. The molecule has 0 saturated carbocycles. The van der Waals surface area contributed by atoms with Crippen molar-refractivity contribution >= 4 is 52.5 Å². The van der Waals surface area contributed by atoms with Crippen LogP contribution in [0.25, 0.3) is 11.4 Å². The monoisotopic (exact) mass is 431 g/mol. The minimum absolute atomic E-state index is 0.122. The van der Waals surface area contributed by atoms with E-state index in [9.17, 15) is 0 Å². The number of nitrogens with zero attached hydrogens (tertiary/aromatic N) is 4. The number of thioether (sulfide) groups is 1. The fourth-order valence-electron chi connectivity index (χ4n) is 2.77. The third kappa shape index (κ3) is 5.14. The van der Waals surface area contributed by atoms with Crippen molar-refractivity contribution in [2.45, 2.75) is 27.6 Å². The SMILES string of the molecule is CSc1ccc(-c2nc(NC3CCN(C)CC3)nc(C(Cl)(Cl)Cl)n2)cc1. The molecule has 0 spiro atoms. The van der Waals surface area contributed by atoms with Crippen LogP contribution in [-0.2, 0) is 3.79 Å². The van der Waals surface area contributed by atoms with Gasteiger partial charge in [0.2, 0.25) is 9.74 Å². The van der Waals surface area contributed by atoms with Crippen LogP contribution in [0.5, 0.6) is 0 Å². The van der Waals surface area contributed by atoms with Crippen molar-refractivity contribution < 1.29 is 0 Å². The lowest BCUT2D eigenvalue weighted by Gasteiger charge is -2.29. The van der Waals surface area contributed by atoms with E-state index >= 15 is 0 Å². The Morgan fingerprint density at radius 1 is 1.08 bits per heavy atom. The summed E-state index contributed by atoms with van der Waals surface area (Å²) in [6.07, 6.45) is 4.06. The maximum absolute atomic E-state index is 6.04. The summed E-state index contributed by atoms with van der Waals surface area (Å²) in [6, 6.07) is 8.25. The highest BCUT2D eigenvalue weighted by Gasteiger charge is 2.29. The van der Waals surface area contributed by atoms with Crippen molar-refractivity contribution in [2.24, 2.45) is 0 Å². The highest BCUT2D eigenvalue weighted by Crippen LogP contribution is 2.37. The van der Waals surface area contributed by atoms with Gasteiger partial charge in [-0.3, -0.25) is 0 Å². The number of benzene rings is 1. The Morgan fingerprint density at radius 3 is 2.31 bits per heavy atom. The summed E-state index contributed by atoms with van der Waals surface area (Å²) in [5.41, 5.74) is 0.854. The predicted molar refractivity (Wildman–Crippen MR) is 110 cm³/mol. The Kier molecular flexibility index (Phi) is 6.51. The normalized spacial score (nSPS) is 16.7. The fraction of sp³-hybridized carbons (Fsp3) is 0.471. The van der Waals surface area contributed by atoms with E-state index in [0.29, 0.717) is 17.8 Å². The molecule has 2 heterocycles. The Hall–Kier alpha value is -0.790. The second-order valence-electron chi connectivity index (χ2n) is 6.25. The second-order valence-corrected chi connectivity index (χ2v) is 9.42. The molecule has 3 rings (SSSR count). The van der Waals surface area contributed by atoms with E-state index in [2.05, 4.69) is 32.2 Å². The quantitative estimate of drug-likeness (QED) is 0.563. The molecule has 140 valence electrons. The first-order chi connectivity index (χ1) is 12.3. The van der Waals surface area contributed by atoms with Gasteiger partial charge in [-0.2, -0.15) is 9.97 Å². The van der Waals surface area contributed by atoms with Gasteiger partial charge in [0.15, 0.2) is 11.6 Å². The molecule has 0 amide bonds. The summed E-state index contributed by atoms with van der Waals surface area (Å²) in [4.78, 5) is 16.7. The number of aromatic nitrogens is 3. The predicted octanol–water partition coefficient (Wildman–Crippen LogP) is 4.59. The van der Waals surface area contributed by atoms with Crippen molar-refractivity contribution in [3.8, 4) is 11.4 Å². The number of anilines is 1. The van der Waals surface area contributed by atoms with Gasteiger partial charge in [0.05, 0.1) is 0 Å². The summed E-state index contributed by atoms with van der Waals surface area (Å²) < 4.78 is -1.71. The van der Waals surface area contributed by atoms with Gasteiger partial charge < -0.3 is 10.2 Å². The zero-order valence-corrected chi connectivity index (χ0v) is 17.6. The minimum Gasteiger partial charge on any atom is -0.351 e. The molecule has 1 aromatic heterocycles. The second kappa shape index (κ2) is 8.48. The molecule has 1 aromatic carbocycles. The van der Waals surface area contributed by atoms with Crippen LogP contribution in [0.15, 0.2) is 29.2 Å². The number of piperidine rings is 1. The minimum atomic E-state index is -1.71. The first kappa shape index (κ1) is 20.0. The molecule has 5 nitrogen and oxygen atoms in total. The average molecular weight is 433 g/mol. The number of halogens is 3. The maximum atomic E-state index is 6.04. The van der Waals surface area contributed by atoms with Crippen molar-refractivity contribution in [1.82, 2.24) is 19.9 Å². The molecule has 1 N–H and O–H groups in total. The number of likely N-dealkylation sites (tertiary alicyclic amines) is 1. The largest absolute Gasteiger partial charge is 0.351 e. The Balaban J connectivity index is 1.90. The number of nitrogens with one attached hydrogen (secondary N) is 1. The Morgan fingerprint density at radius 2 is 1.73 bits per heavy atom. The third-order valence-corrected chi connectivity index (χ3v) is 5.54. The summed E-state index contributed by atoms with van der Waals surface area (Å²) in [7, 11) is 2.12. The van der Waals surface area contributed by atoms with Crippen LogP contribution >= 0.6 is 46.6 Å². The number of rotatable bonds is 4. The van der Waals surface area contributed by atoms with Gasteiger partial charge in [0.1, 0.15) is 0 Å². The molecule has 26 heavy (non-hydrogen) atoms. The van der Waals surface area contributed by atoms with Crippen molar-refractivity contribution in [1.29, 1.82) is 0 Å². The van der Waals surface area contributed by atoms with Crippen LogP contribution in [-0.4, -0.2) is 52.3 Å². The van der Waals surface area contributed by atoms with Gasteiger partial charge in [0, 0.05) is 16.5 Å². The molecule has 0 aliphatic carbocycles. The van der Waals surface area contributed by atoms with Gasteiger partial charge in [-0.1, -0.05) is 46.9 Å².